The van der Waals surface area contributed by atoms with E-state index in [-0.39, 0.29) is 0 Å². The molecule has 0 saturated carbocycles. The molecule has 0 atom stereocenters. The van der Waals surface area contributed by atoms with E-state index in [9.17, 15) is 0 Å². The van der Waals surface area contributed by atoms with E-state index < -0.39 is 0 Å². The molecule has 1 aliphatic heterocycles. The zero-order valence-electron chi connectivity index (χ0n) is 9.85. The van der Waals surface area contributed by atoms with Crippen LogP contribution in [0.4, 0.5) is 0 Å². The van der Waals surface area contributed by atoms with Crippen LogP contribution in [-0.2, 0) is 13.0 Å². The molecule has 2 rings (SSSR count). The number of fused-ring (bicyclic) bond motifs is 1. The summed E-state index contributed by atoms with van der Waals surface area (Å²) in [5.74, 6) is 1.10. The van der Waals surface area contributed by atoms with Crippen molar-refractivity contribution in [3.63, 3.8) is 0 Å². The van der Waals surface area contributed by atoms with Crippen LogP contribution in [0.3, 0.4) is 0 Å². The number of rotatable bonds is 3. The maximum Gasteiger partial charge on any atom is 0.127 e. The average Bonchev–Trinajstić information content (AvgIpc) is 2.25. The Bertz CT molecular complexity index is 376. The third-order valence-electron chi connectivity index (χ3n) is 2.75. The molecular formula is C13H18BrNO. The van der Waals surface area contributed by atoms with Crippen LogP contribution in [0.2, 0.25) is 0 Å². The van der Waals surface area contributed by atoms with Gasteiger partial charge in [0.2, 0.25) is 0 Å². The van der Waals surface area contributed by atoms with E-state index in [0.717, 1.165) is 36.2 Å². The molecule has 16 heavy (non-hydrogen) atoms. The quantitative estimate of drug-likeness (QED) is 0.919. The van der Waals surface area contributed by atoms with Gasteiger partial charge in [0.15, 0.2) is 0 Å². The van der Waals surface area contributed by atoms with Crippen molar-refractivity contribution < 1.29 is 4.74 Å². The molecule has 0 fully saturated rings. The lowest BCUT2D eigenvalue weighted by Crippen LogP contribution is -2.23. The standard InChI is InChI=1S/C13H18BrNO/c1-9(2)15-8-11-7-12(14)6-10-4-3-5-16-13(10)11/h6-7,9,15H,3-5,8H2,1-2H3. The average molecular weight is 284 g/mol. The SMILES string of the molecule is CC(C)NCc1cc(Br)cc2c1OCCC2. The lowest BCUT2D eigenvalue weighted by atomic mass is 10.0. The third kappa shape index (κ3) is 2.77. The molecule has 1 aromatic rings. The first-order chi connectivity index (χ1) is 7.66. The summed E-state index contributed by atoms with van der Waals surface area (Å²) in [4.78, 5) is 0. The van der Waals surface area contributed by atoms with Gasteiger partial charge in [0.25, 0.3) is 0 Å². The Morgan fingerprint density at radius 1 is 1.44 bits per heavy atom. The fourth-order valence-corrected chi connectivity index (χ4v) is 2.52. The fraction of sp³-hybridized carbons (Fsp3) is 0.538. The zero-order valence-corrected chi connectivity index (χ0v) is 11.4. The van der Waals surface area contributed by atoms with E-state index in [2.05, 4.69) is 47.2 Å². The Kier molecular flexibility index (Phi) is 3.87. The molecule has 0 aliphatic carbocycles. The van der Waals surface area contributed by atoms with Crippen LogP contribution in [0.15, 0.2) is 16.6 Å². The number of hydrogen-bond donors (Lipinski definition) is 1. The van der Waals surface area contributed by atoms with Gasteiger partial charge in [0.1, 0.15) is 5.75 Å². The van der Waals surface area contributed by atoms with Crippen molar-refractivity contribution in [1.82, 2.24) is 5.32 Å². The predicted molar refractivity (Wildman–Crippen MR) is 69.9 cm³/mol. The molecule has 0 radical (unpaired) electrons. The second kappa shape index (κ2) is 5.19. The summed E-state index contributed by atoms with van der Waals surface area (Å²) in [6.07, 6.45) is 2.25. The minimum atomic E-state index is 0.498. The predicted octanol–water partition coefficient (Wildman–Crippen LogP) is 3.27. The molecule has 2 nitrogen and oxygen atoms in total. The van der Waals surface area contributed by atoms with E-state index in [4.69, 9.17) is 4.74 Å². The van der Waals surface area contributed by atoms with Gasteiger partial charge < -0.3 is 10.1 Å². The summed E-state index contributed by atoms with van der Waals surface area (Å²) in [6, 6.07) is 4.82. The largest absolute Gasteiger partial charge is 0.493 e. The minimum absolute atomic E-state index is 0.498. The lowest BCUT2D eigenvalue weighted by molar-refractivity contribution is 0.284. The normalized spacial score (nSPS) is 14.8. The van der Waals surface area contributed by atoms with Gasteiger partial charge in [-0.3, -0.25) is 0 Å². The van der Waals surface area contributed by atoms with Crippen LogP contribution < -0.4 is 10.1 Å². The van der Waals surface area contributed by atoms with Crippen molar-refractivity contribution in [3.8, 4) is 5.75 Å². The van der Waals surface area contributed by atoms with Crippen molar-refractivity contribution in [3.05, 3.63) is 27.7 Å². The van der Waals surface area contributed by atoms with Crippen molar-refractivity contribution in [2.24, 2.45) is 0 Å². The molecule has 0 saturated heterocycles. The lowest BCUT2D eigenvalue weighted by Gasteiger charge is -2.21. The highest BCUT2D eigenvalue weighted by molar-refractivity contribution is 9.10. The Balaban J connectivity index is 2.25. The molecule has 0 bridgehead atoms. The molecule has 88 valence electrons. The number of benzene rings is 1. The van der Waals surface area contributed by atoms with Gasteiger partial charge in [-0.2, -0.15) is 0 Å². The molecule has 0 unspecified atom stereocenters. The topological polar surface area (TPSA) is 21.3 Å². The fourth-order valence-electron chi connectivity index (χ4n) is 1.97. The number of nitrogens with one attached hydrogen (secondary N) is 1. The Morgan fingerprint density at radius 2 is 2.25 bits per heavy atom. The summed E-state index contributed by atoms with van der Waals surface area (Å²) in [5, 5.41) is 3.44. The highest BCUT2D eigenvalue weighted by Crippen LogP contribution is 2.32. The molecule has 0 aromatic heterocycles. The highest BCUT2D eigenvalue weighted by atomic mass is 79.9. The van der Waals surface area contributed by atoms with Gasteiger partial charge in [0, 0.05) is 22.6 Å². The molecule has 1 N–H and O–H groups in total. The first-order valence-corrected chi connectivity index (χ1v) is 6.63. The molecule has 0 amide bonds. The molecule has 3 heteroatoms. The molecular weight excluding hydrogens is 266 g/mol. The maximum absolute atomic E-state index is 5.78. The van der Waals surface area contributed by atoms with E-state index >= 15 is 0 Å². The van der Waals surface area contributed by atoms with Gasteiger partial charge in [-0.1, -0.05) is 29.8 Å². The summed E-state index contributed by atoms with van der Waals surface area (Å²) < 4.78 is 6.93. The van der Waals surface area contributed by atoms with Crippen molar-refractivity contribution in [2.45, 2.75) is 39.3 Å². The van der Waals surface area contributed by atoms with Crippen LogP contribution in [-0.4, -0.2) is 12.6 Å². The van der Waals surface area contributed by atoms with Crippen LogP contribution in [0.25, 0.3) is 0 Å². The van der Waals surface area contributed by atoms with Crippen LogP contribution in [0.1, 0.15) is 31.4 Å². The molecule has 1 heterocycles. The van der Waals surface area contributed by atoms with Gasteiger partial charge in [0.05, 0.1) is 6.61 Å². The molecule has 1 aliphatic rings. The van der Waals surface area contributed by atoms with E-state index in [1.165, 1.54) is 11.1 Å². The van der Waals surface area contributed by atoms with Crippen molar-refractivity contribution >= 4 is 15.9 Å². The first kappa shape index (κ1) is 11.9. The number of halogens is 1. The molecule has 1 aromatic carbocycles. The van der Waals surface area contributed by atoms with E-state index in [1.54, 1.807) is 0 Å². The summed E-state index contributed by atoms with van der Waals surface area (Å²) in [7, 11) is 0. The maximum atomic E-state index is 5.78. The number of aryl methyl sites for hydroxylation is 1. The Hall–Kier alpha value is -0.540. The highest BCUT2D eigenvalue weighted by Gasteiger charge is 2.15. The van der Waals surface area contributed by atoms with Gasteiger partial charge in [-0.15, -0.1) is 0 Å². The van der Waals surface area contributed by atoms with E-state index in [1.807, 2.05) is 0 Å². The van der Waals surface area contributed by atoms with E-state index in [0.29, 0.717) is 6.04 Å². The summed E-state index contributed by atoms with van der Waals surface area (Å²) in [6.45, 7) is 6.04. The van der Waals surface area contributed by atoms with Crippen molar-refractivity contribution in [2.75, 3.05) is 6.61 Å². The monoisotopic (exact) mass is 283 g/mol. The number of hydrogen-bond acceptors (Lipinski definition) is 2. The Labute approximate surface area is 106 Å². The summed E-state index contributed by atoms with van der Waals surface area (Å²) in [5.41, 5.74) is 2.60. The molecule has 0 spiro atoms. The number of ether oxygens (including phenoxy) is 1. The minimum Gasteiger partial charge on any atom is -0.493 e. The van der Waals surface area contributed by atoms with Crippen molar-refractivity contribution in [1.29, 1.82) is 0 Å². The third-order valence-corrected chi connectivity index (χ3v) is 3.20. The second-order valence-corrected chi connectivity index (χ2v) is 5.46. The van der Waals surface area contributed by atoms with Gasteiger partial charge in [-0.05, 0) is 30.5 Å². The summed E-state index contributed by atoms with van der Waals surface area (Å²) >= 11 is 3.56. The van der Waals surface area contributed by atoms with Crippen LogP contribution in [0.5, 0.6) is 5.75 Å². The Morgan fingerprint density at radius 3 is 3.00 bits per heavy atom. The smallest absolute Gasteiger partial charge is 0.127 e. The second-order valence-electron chi connectivity index (χ2n) is 4.54. The van der Waals surface area contributed by atoms with Crippen LogP contribution >= 0.6 is 15.9 Å². The zero-order chi connectivity index (χ0) is 11.5. The van der Waals surface area contributed by atoms with Gasteiger partial charge in [-0.25, -0.2) is 0 Å². The van der Waals surface area contributed by atoms with Gasteiger partial charge >= 0.3 is 0 Å². The first-order valence-electron chi connectivity index (χ1n) is 5.84. The van der Waals surface area contributed by atoms with Crippen LogP contribution in [0, 0.1) is 0 Å².